The van der Waals surface area contributed by atoms with Gasteiger partial charge in [-0.3, -0.25) is 4.79 Å². The van der Waals surface area contributed by atoms with Gasteiger partial charge < -0.3 is 19.3 Å². The van der Waals surface area contributed by atoms with Crippen LogP contribution in [0.1, 0.15) is 11.1 Å². The first-order chi connectivity index (χ1) is 15.2. The second-order valence-corrected chi connectivity index (χ2v) is 7.98. The molecule has 0 radical (unpaired) electrons. The molecule has 3 aromatic rings. The van der Waals surface area contributed by atoms with Crippen LogP contribution in [-0.2, 0) is 11.3 Å². The molecule has 31 heavy (non-hydrogen) atoms. The van der Waals surface area contributed by atoms with Crippen LogP contribution < -0.4 is 14.4 Å². The molecule has 1 N–H and O–H groups in total. The van der Waals surface area contributed by atoms with Gasteiger partial charge in [0.05, 0.1) is 26.2 Å². The van der Waals surface area contributed by atoms with Crippen molar-refractivity contribution in [1.82, 2.24) is 4.90 Å². The van der Waals surface area contributed by atoms with Crippen LogP contribution in [0.15, 0.2) is 78.9 Å². The lowest BCUT2D eigenvalue weighted by Crippen LogP contribution is -3.13. The van der Waals surface area contributed by atoms with Crippen LogP contribution in [0.25, 0.3) is 0 Å². The number of piperazine rings is 1. The van der Waals surface area contributed by atoms with E-state index in [9.17, 15) is 4.79 Å². The number of rotatable bonds is 7. The molecule has 0 bridgehead atoms. The highest BCUT2D eigenvalue weighted by atomic mass is 16.5. The molecule has 0 atom stereocenters. The Labute approximate surface area is 183 Å². The Morgan fingerprint density at radius 2 is 1.58 bits per heavy atom. The lowest BCUT2D eigenvalue weighted by atomic mass is 10.2. The Morgan fingerprint density at radius 3 is 2.35 bits per heavy atom. The van der Waals surface area contributed by atoms with Gasteiger partial charge in [0.2, 0.25) is 0 Å². The summed E-state index contributed by atoms with van der Waals surface area (Å²) in [5.41, 5.74) is 2.37. The normalized spacial score (nSPS) is 14.3. The smallest absolute Gasteiger partial charge is 0.260 e. The second-order valence-electron chi connectivity index (χ2n) is 7.98. The molecule has 0 unspecified atom stereocenters. The number of hydrogen-bond donors (Lipinski definition) is 1. The molecule has 0 spiro atoms. The number of quaternary nitrogens is 1. The molecule has 5 heteroatoms. The molecule has 1 heterocycles. The van der Waals surface area contributed by atoms with Gasteiger partial charge in [0, 0.05) is 5.56 Å². The van der Waals surface area contributed by atoms with Gasteiger partial charge in [-0.25, -0.2) is 0 Å². The van der Waals surface area contributed by atoms with Gasteiger partial charge in [-0.2, -0.15) is 0 Å². The summed E-state index contributed by atoms with van der Waals surface area (Å²) in [4.78, 5) is 15.9. The van der Waals surface area contributed by atoms with Gasteiger partial charge in [0.25, 0.3) is 5.91 Å². The van der Waals surface area contributed by atoms with Crippen LogP contribution in [0.2, 0.25) is 0 Å². The summed E-state index contributed by atoms with van der Waals surface area (Å²) in [5.74, 6) is 2.49. The van der Waals surface area contributed by atoms with Gasteiger partial charge in [-0.05, 0) is 48.9 Å². The van der Waals surface area contributed by atoms with Gasteiger partial charge in [-0.15, -0.1) is 0 Å². The van der Waals surface area contributed by atoms with Crippen LogP contribution in [0.3, 0.4) is 0 Å². The van der Waals surface area contributed by atoms with Crippen molar-refractivity contribution in [1.29, 1.82) is 0 Å². The Hall–Kier alpha value is -3.31. The first-order valence-corrected chi connectivity index (χ1v) is 10.8. The Kier molecular flexibility index (Phi) is 6.85. The van der Waals surface area contributed by atoms with E-state index in [0.717, 1.165) is 55.5 Å². The minimum atomic E-state index is 0.0545. The van der Waals surface area contributed by atoms with Crippen molar-refractivity contribution in [3.63, 3.8) is 0 Å². The topological polar surface area (TPSA) is 43.2 Å². The summed E-state index contributed by atoms with van der Waals surface area (Å²) in [6, 6.07) is 25.9. The molecule has 1 aliphatic heterocycles. The number of ether oxygens (including phenoxy) is 2. The van der Waals surface area contributed by atoms with Crippen LogP contribution in [-0.4, -0.2) is 43.6 Å². The zero-order valence-corrected chi connectivity index (χ0v) is 17.9. The fourth-order valence-corrected chi connectivity index (χ4v) is 3.82. The third-order valence-electron chi connectivity index (χ3n) is 5.51. The molecule has 160 valence electrons. The monoisotopic (exact) mass is 417 g/mol. The number of amides is 1. The molecule has 0 aliphatic carbocycles. The number of nitrogens with one attached hydrogen (secondary N) is 1. The third-order valence-corrected chi connectivity index (χ3v) is 5.51. The van der Waals surface area contributed by atoms with Gasteiger partial charge >= 0.3 is 0 Å². The van der Waals surface area contributed by atoms with E-state index in [0.29, 0.717) is 0 Å². The van der Waals surface area contributed by atoms with E-state index in [1.165, 1.54) is 10.5 Å². The molecular formula is C26H29N2O3+. The highest BCUT2D eigenvalue weighted by molar-refractivity contribution is 5.77. The average Bonchev–Trinajstić information content (AvgIpc) is 2.79. The summed E-state index contributed by atoms with van der Waals surface area (Å²) >= 11 is 0. The second kappa shape index (κ2) is 10.1. The molecule has 3 aromatic carbocycles. The maximum Gasteiger partial charge on any atom is 0.260 e. The van der Waals surface area contributed by atoms with Crippen molar-refractivity contribution in [2.45, 2.75) is 13.5 Å². The Morgan fingerprint density at radius 1 is 0.871 bits per heavy atom. The number of hydrogen-bond acceptors (Lipinski definition) is 3. The molecule has 1 fully saturated rings. The summed E-state index contributed by atoms with van der Waals surface area (Å²) in [6.07, 6.45) is 0. The van der Waals surface area contributed by atoms with E-state index < -0.39 is 0 Å². The van der Waals surface area contributed by atoms with Crippen molar-refractivity contribution in [3.05, 3.63) is 90.0 Å². The van der Waals surface area contributed by atoms with E-state index in [1.54, 1.807) is 0 Å². The van der Waals surface area contributed by atoms with Gasteiger partial charge in [0.15, 0.2) is 6.61 Å². The highest BCUT2D eigenvalue weighted by Gasteiger charge is 2.24. The number of benzene rings is 3. The zero-order valence-electron chi connectivity index (χ0n) is 17.9. The van der Waals surface area contributed by atoms with E-state index in [-0.39, 0.29) is 12.5 Å². The molecule has 4 rings (SSSR count). The Balaban J connectivity index is 1.24. The SMILES string of the molecule is Cc1cccc(OCC(=O)N2CC[NH+](Cc3cccc(Oc4ccccc4)c3)CC2)c1. The molecule has 5 nitrogen and oxygen atoms in total. The van der Waals surface area contributed by atoms with Crippen LogP contribution in [0, 0.1) is 6.92 Å². The molecule has 1 saturated heterocycles. The van der Waals surface area contributed by atoms with E-state index >= 15 is 0 Å². The Bertz CT molecular complexity index is 998. The highest BCUT2D eigenvalue weighted by Crippen LogP contribution is 2.21. The maximum atomic E-state index is 12.5. The number of carbonyl (C=O) groups excluding carboxylic acids is 1. The lowest BCUT2D eigenvalue weighted by molar-refractivity contribution is -0.917. The summed E-state index contributed by atoms with van der Waals surface area (Å²) in [5, 5.41) is 0. The predicted octanol–water partition coefficient (Wildman–Crippen LogP) is 3.09. The first kappa shape index (κ1) is 20.9. The number of carbonyl (C=O) groups is 1. The maximum absolute atomic E-state index is 12.5. The van der Waals surface area contributed by atoms with E-state index in [4.69, 9.17) is 9.47 Å². The zero-order chi connectivity index (χ0) is 21.5. The van der Waals surface area contributed by atoms with E-state index in [1.807, 2.05) is 78.6 Å². The third kappa shape index (κ3) is 6.09. The molecule has 1 aliphatic rings. The molecule has 0 saturated carbocycles. The standard InChI is InChI=1S/C26H28N2O3/c1-21-7-5-11-24(17-21)30-20-26(29)28-15-13-27(14-16-28)19-22-8-6-12-25(18-22)31-23-9-3-2-4-10-23/h2-12,17-18H,13-16,19-20H2,1H3/p+1. The lowest BCUT2D eigenvalue weighted by Gasteiger charge is -2.32. The van der Waals surface area contributed by atoms with Crippen LogP contribution in [0.5, 0.6) is 17.2 Å². The quantitative estimate of drug-likeness (QED) is 0.643. The molecule has 1 amide bonds. The molecular weight excluding hydrogens is 388 g/mol. The van der Waals surface area contributed by atoms with Crippen molar-refractivity contribution in [3.8, 4) is 17.2 Å². The average molecular weight is 418 g/mol. The number of aryl methyl sites for hydroxylation is 1. The fourth-order valence-electron chi connectivity index (χ4n) is 3.82. The minimum absolute atomic E-state index is 0.0545. The van der Waals surface area contributed by atoms with Gasteiger partial charge in [-0.1, -0.05) is 42.5 Å². The minimum Gasteiger partial charge on any atom is -0.484 e. The van der Waals surface area contributed by atoms with E-state index in [2.05, 4.69) is 12.1 Å². The van der Waals surface area contributed by atoms with Crippen LogP contribution >= 0.6 is 0 Å². The van der Waals surface area contributed by atoms with Crippen molar-refractivity contribution in [2.24, 2.45) is 0 Å². The first-order valence-electron chi connectivity index (χ1n) is 10.8. The fraction of sp³-hybridized carbons (Fsp3) is 0.269. The van der Waals surface area contributed by atoms with Crippen molar-refractivity contribution >= 4 is 5.91 Å². The van der Waals surface area contributed by atoms with Crippen molar-refractivity contribution in [2.75, 3.05) is 32.8 Å². The summed E-state index contributed by atoms with van der Waals surface area (Å²) < 4.78 is 11.6. The molecule has 0 aromatic heterocycles. The summed E-state index contributed by atoms with van der Waals surface area (Å²) in [7, 11) is 0. The number of nitrogens with zero attached hydrogens (tertiary/aromatic N) is 1. The van der Waals surface area contributed by atoms with Gasteiger partial charge in [0.1, 0.15) is 23.8 Å². The number of para-hydroxylation sites is 1. The largest absolute Gasteiger partial charge is 0.484 e. The summed E-state index contributed by atoms with van der Waals surface area (Å²) in [6.45, 7) is 6.41. The predicted molar refractivity (Wildman–Crippen MR) is 121 cm³/mol. The van der Waals surface area contributed by atoms with Crippen molar-refractivity contribution < 1.29 is 19.2 Å². The van der Waals surface area contributed by atoms with Crippen LogP contribution in [0.4, 0.5) is 0 Å².